The van der Waals surface area contributed by atoms with Gasteiger partial charge in [-0.1, -0.05) is 6.08 Å². The third-order valence-electron chi connectivity index (χ3n) is 2.02. The molecule has 1 aliphatic heterocycles. The molecule has 0 aromatic rings. The van der Waals surface area contributed by atoms with Crippen LogP contribution >= 0.6 is 0 Å². The Kier molecular flexibility index (Phi) is 3.92. The highest BCUT2D eigenvalue weighted by molar-refractivity contribution is 5.87. The van der Waals surface area contributed by atoms with Crippen molar-refractivity contribution in [1.29, 1.82) is 0 Å². The third-order valence-corrected chi connectivity index (χ3v) is 2.02. The van der Waals surface area contributed by atoms with Crippen LogP contribution in [0.1, 0.15) is 6.92 Å². The number of allylic oxidation sites excluding steroid dienone is 1. The summed E-state index contributed by atoms with van der Waals surface area (Å²) in [7, 11) is 0. The first-order chi connectivity index (χ1) is 6.27. The van der Waals surface area contributed by atoms with Crippen molar-refractivity contribution in [3.63, 3.8) is 0 Å². The summed E-state index contributed by atoms with van der Waals surface area (Å²) in [6.45, 7) is 4.17. The fourth-order valence-electron chi connectivity index (χ4n) is 1.31. The summed E-state index contributed by atoms with van der Waals surface area (Å²) in [5.41, 5.74) is 5.46. The summed E-state index contributed by atoms with van der Waals surface area (Å²) in [5, 5.41) is 0. The van der Waals surface area contributed by atoms with Crippen molar-refractivity contribution in [1.82, 2.24) is 4.90 Å². The number of carbonyl (C=O) groups is 1. The Morgan fingerprint density at radius 1 is 1.77 bits per heavy atom. The second kappa shape index (κ2) is 4.99. The molecule has 1 aliphatic rings. The molecule has 0 aromatic carbocycles. The second-order valence-corrected chi connectivity index (χ2v) is 3.01. The van der Waals surface area contributed by atoms with E-state index >= 15 is 0 Å². The van der Waals surface area contributed by atoms with Crippen molar-refractivity contribution in [2.24, 2.45) is 5.73 Å². The second-order valence-electron chi connectivity index (χ2n) is 3.01. The van der Waals surface area contributed by atoms with E-state index in [9.17, 15) is 4.79 Å². The lowest BCUT2D eigenvalue weighted by Crippen LogP contribution is -2.47. The van der Waals surface area contributed by atoms with Crippen molar-refractivity contribution in [2.45, 2.75) is 13.0 Å². The topological polar surface area (TPSA) is 55.6 Å². The predicted octanol–water partition coefficient (Wildman–Crippen LogP) is -0.251. The molecule has 4 nitrogen and oxygen atoms in total. The Morgan fingerprint density at radius 3 is 3.15 bits per heavy atom. The molecule has 4 heteroatoms. The van der Waals surface area contributed by atoms with Crippen molar-refractivity contribution >= 4 is 5.91 Å². The number of carbonyl (C=O) groups excluding carboxylic acids is 1. The maximum atomic E-state index is 11.4. The highest BCUT2D eigenvalue weighted by Crippen LogP contribution is 2.04. The molecule has 0 radical (unpaired) electrons. The molecule has 1 fully saturated rings. The van der Waals surface area contributed by atoms with Gasteiger partial charge in [-0.3, -0.25) is 4.79 Å². The summed E-state index contributed by atoms with van der Waals surface area (Å²) in [5.74, 6) is 0.0456. The van der Waals surface area contributed by atoms with Crippen molar-refractivity contribution < 1.29 is 9.53 Å². The zero-order valence-electron chi connectivity index (χ0n) is 7.90. The maximum Gasteiger partial charge on any atom is 0.246 e. The Morgan fingerprint density at radius 2 is 2.54 bits per heavy atom. The highest BCUT2D eigenvalue weighted by atomic mass is 16.5. The van der Waals surface area contributed by atoms with Crippen LogP contribution in [0.5, 0.6) is 0 Å². The van der Waals surface area contributed by atoms with E-state index in [2.05, 4.69) is 0 Å². The first kappa shape index (κ1) is 10.2. The standard InChI is InChI=1S/C9H16N2O2/c1-2-3-9(12)11-4-5-13-8(6-10)7-11/h2-3,8H,4-7,10H2,1H3/b3-2+. The fraction of sp³-hybridized carbons (Fsp3) is 0.667. The van der Waals surface area contributed by atoms with Crippen LogP contribution in [-0.4, -0.2) is 43.2 Å². The number of ether oxygens (including phenoxy) is 1. The lowest BCUT2D eigenvalue weighted by Gasteiger charge is -2.31. The Bertz CT molecular complexity index is 204. The number of nitrogens with two attached hydrogens (primary N) is 1. The third kappa shape index (κ3) is 2.82. The number of morpholine rings is 1. The lowest BCUT2D eigenvalue weighted by atomic mass is 10.2. The number of rotatable bonds is 2. The van der Waals surface area contributed by atoms with Gasteiger partial charge in [-0.15, -0.1) is 0 Å². The molecule has 0 spiro atoms. The minimum atomic E-state index is 0.00274. The molecule has 1 unspecified atom stereocenters. The molecular formula is C9H16N2O2. The van der Waals surface area contributed by atoms with Crippen LogP contribution in [0.2, 0.25) is 0 Å². The van der Waals surface area contributed by atoms with E-state index < -0.39 is 0 Å². The van der Waals surface area contributed by atoms with Gasteiger partial charge in [0.05, 0.1) is 12.7 Å². The van der Waals surface area contributed by atoms with Crippen LogP contribution in [0, 0.1) is 0 Å². The largest absolute Gasteiger partial charge is 0.373 e. The molecule has 0 aliphatic carbocycles. The molecule has 74 valence electrons. The van der Waals surface area contributed by atoms with E-state index in [0.29, 0.717) is 26.2 Å². The molecule has 0 bridgehead atoms. The van der Waals surface area contributed by atoms with Gasteiger partial charge in [0.1, 0.15) is 0 Å². The Hall–Kier alpha value is -0.870. The van der Waals surface area contributed by atoms with Crippen LogP contribution in [0.15, 0.2) is 12.2 Å². The van der Waals surface area contributed by atoms with E-state index in [-0.39, 0.29) is 12.0 Å². The van der Waals surface area contributed by atoms with Crippen LogP contribution in [0.25, 0.3) is 0 Å². The zero-order chi connectivity index (χ0) is 9.68. The van der Waals surface area contributed by atoms with Gasteiger partial charge in [-0.05, 0) is 13.0 Å². The van der Waals surface area contributed by atoms with E-state index in [1.165, 1.54) is 0 Å². The molecule has 0 saturated carbocycles. The van der Waals surface area contributed by atoms with Gasteiger partial charge in [-0.2, -0.15) is 0 Å². The molecular weight excluding hydrogens is 168 g/mol. The van der Waals surface area contributed by atoms with Gasteiger partial charge < -0.3 is 15.4 Å². The fourth-order valence-corrected chi connectivity index (χ4v) is 1.31. The van der Waals surface area contributed by atoms with E-state index in [0.717, 1.165) is 0 Å². The van der Waals surface area contributed by atoms with Gasteiger partial charge >= 0.3 is 0 Å². The van der Waals surface area contributed by atoms with Gasteiger partial charge in [0.25, 0.3) is 0 Å². The number of amides is 1. The molecule has 1 atom stereocenters. The van der Waals surface area contributed by atoms with Gasteiger partial charge in [0.15, 0.2) is 0 Å². The molecule has 1 saturated heterocycles. The molecule has 1 rings (SSSR count). The van der Waals surface area contributed by atoms with Gasteiger partial charge in [-0.25, -0.2) is 0 Å². The van der Waals surface area contributed by atoms with Crippen molar-refractivity contribution in [2.75, 3.05) is 26.2 Å². The van der Waals surface area contributed by atoms with Crippen molar-refractivity contribution in [3.8, 4) is 0 Å². The van der Waals surface area contributed by atoms with E-state index in [4.69, 9.17) is 10.5 Å². The van der Waals surface area contributed by atoms with Gasteiger partial charge in [0.2, 0.25) is 5.91 Å². The summed E-state index contributed by atoms with van der Waals surface area (Å²) < 4.78 is 5.34. The average Bonchev–Trinajstić information content (AvgIpc) is 2.18. The molecule has 2 N–H and O–H groups in total. The smallest absolute Gasteiger partial charge is 0.246 e. The summed E-state index contributed by atoms with van der Waals surface area (Å²) in [4.78, 5) is 13.2. The highest BCUT2D eigenvalue weighted by Gasteiger charge is 2.21. The van der Waals surface area contributed by atoms with Gasteiger partial charge in [0, 0.05) is 19.6 Å². The quantitative estimate of drug-likeness (QED) is 0.602. The lowest BCUT2D eigenvalue weighted by molar-refractivity contribution is -0.133. The number of hydrogen-bond donors (Lipinski definition) is 1. The average molecular weight is 184 g/mol. The molecule has 0 aromatic heterocycles. The zero-order valence-corrected chi connectivity index (χ0v) is 7.90. The number of hydrogen-bond acceptors (Lipinski definition) is 3. The first-order valence-corrected chi connectivity index (χ1v) is 4.51. The maximum absolute atomic E-state index is 11.4. The normalized spacial score (nSPS) is 23.8. The minimum absolute atomic E-state index is 0.00274. The molecule has 13 heavy (non-hydrogen) atoms. The Balaban J connectivity index is 2.46. The van der Waals surface area contributed by atoms with Crippen LogP contribution in [0.3, 0.4) is 0 Å². The van der Waals surface area contributed by atoms with Crippen LogP contribution in [-0.2, 0) is 9.53 Å². The Labute approximate surface area is 78.3 Å². The monoisotopic (exact) mass is 184 g/mol. The summed E-state index contributed by atoms with van der Waals surface area (Å²) in [6.07, 6.45) is 3.32. The van der Waals surface area contributed by atoms with E-state index in [1.54, 1.807) is 17.1 Å². The molecule has 1 amide bonds. The van der Waals surface area contributed by atoms with Crippen molar-refractivity contribution in [3.05, 3.63) is 12.2 Å². The van der Waals surface area contributed by atoms with Crippen LogP contribution in [0.4, 0.5) is 0 Å². The first-order valence-electron chi connectivity index (χ1n) is 4.51. The van der Waals surface area contributed by atoms with Crippen LogP contribution < -0.4 is 5.73 Å². The predicted molar refractivity (Wildman–Crippen MR) is 50.2 cm³/mol. The summed E-state index contributed by atoms with van der Waals surface area (Å²) in [6, 6.07) is 0. The molecule has 1 heterocycles. The SMILES string of the molecule is C/C=C/C(=O)N1CCOC(CN)C1. The van der Waals surface area contributed by atoms with E-state index in [1.807, 2.05) is 6.92 Å². The number of nitrogens with zero attached hydrogens (tertiary/aromatic N) is 1. The summed E-state index contributed by atoms with van der Waals surface area (Å²) >= 11 is 0. The minimum Gasteiger partial charge on any atom is -0.373 e.